The van der Waals surface area contributed by atoms with Gasteiger partial charge in [-0.15, -0.1) is 0 Å². The zero-order chi connectivity index (χ0) is 25.9. The number of halogens is 1. The van der Waals surface area contributed by atoms with E-state index in [2.05, 4.69) is 42.7 Å². The fourth-order valence-electron chi connectivity index (χ4n) is 4.47. The quantitative estimate of drug-likeness (QED) is 0.264. The van der Waals surface area contributed by atoms with Crippen molar-refractivity contribution in [3.8, 4) is 5.82 Å². The number of rotatable bonds is 15. The maximum absolute atomic E-state index is 12.9. The van der Waals surface area contributed by atoms with Crippen LogP contribution in [0.15, 0.2) is 43.0 Å². The molecular formula is C26H35FN8O2. The second kappa shape index (κ2) is 13.6. The van der Waals surface area contributed by atoms with Gasteiger partial charge >= 0.3 is 5.97 Å². The van der Waals surface area contributed by atoms with Crippen LogP contribution in [0.2, 0.25) is 0 Å². The zero-order valence-corrected chi connectivity index (χ0v) is 21.0. The molecule has 3 aromatic rings. The predicted octanol–water partition coefficient (Wildman–Crippen LogP) is 3.36. The highest BCUT2D eigenvalue weighted by atomic mass is 19.1. The molecule has 0 aliphatic carbocycles. The van der Waals surface area contributed by atoms with Gasteiger partial charge in [0.25, 0.3) is 0 Å². The number of unbranched alkanes of at least 4 members (excludes halogenated alkanes) is 1. The van der Waals surface area contributed by atoms with Crippen molar-refractivity contribution in [3.63, 3.8) is 0 Å². The number of aromatic nitrogens is 5. The molecule has 1 aliphatic rings. The minimum atomic E-state index is -0.961. The molecule has 4 heterocycles. The van der Waals surface area contributed by atoms with Crippen LogP contribution in [0, 0.1) is 0 Å². The molecule has 1 unspecified atom stereocenters. The molecule has 1 aliphatic heterocycles. The van der Waals surface area contributed by atoms with Gasteiger partial charge < -0.3 is 20.6 Å². The van der Waals surface area contributed by atoms with E-state index < -0.39 is 12.0 Å². The average Bonchev–Trinajstić information content (AvgIpc) is 3.46. The van der Waals surface area contributed by atoms with Crippen molar-refractivity contribution >= 4 is 17.6 Å². The first-order chi connectivity index (χ1) is 18.1. The van der Waals surface area contributed by atoms with Crippen LogP contribution in [0.25, 0.3) is 5.82 Å². The fourth-order valence-corrected chi connectivity index (χ4v) is 4.47. The maximum atomic E-state index is 12.9. The van der Waals surface area contributed by atoms with Gasteiger partial charge in [-0.1, -0.05) is 6.07 Å². The smallest absolute Gasteiger partial charge is 0.326 e. The zero-order valence-electron chi connectivity index (χ0n) is 21.0. The number of alkyl halides is 1. The summed E-state index contributed by atoms with van der Waals surface area (Å²) in [6.45, 7) is 2.51. The molecule has 0 spiro atoms. The molecular weight excluding hydrogens is 475 g/mol. The second-order valence-electron chi connectivity index (χ2n) is 9.22. The van der Waals surface area contributed by atoms with E-state index in [1.54, 1.807) is 29.2 Å². The Bertz CT molecular complexity index is 1130. The minimum Gasteiger partial charge on any atom is -0.480 e. The third-order valence-corrected chi connectivity index (χ3v) is 6.46. The lowest BCUT2D eigenvalue weighted by atomic mass is 10.1. The minimum absolute atomic E-state index is 0.362. The van der Waals surface area contributed by atoms with Gasteiger partial charge in [-0.05, 0) is 69.2 Å². The molecule has 3 aromatic heterocycles. The number of pyridine rings is 1. The van der Waals surface area contributed by atoms with Gasteiger partial charge in [0.1, 0.15) is 24.0 Å². The maximum Gasteiger partial charge on any atom is 0.326 e. The Morgan fingerprint density at radius 1 is 1.22 bits per heavy atom. The first kappa shape index (κ1) is 26.5. The molecule has 0 aromatic carbocycles. The Kier molecular flexibility index (Phi) is 9.75. The summed E-state index contributed by atoms with van der Waals surface area (Å²) in [4.78, 5) is 27.2. The molecule has 0 fully saturated rings. The molecule has 4 rings (SSSR count). The Hall–Kier alpha value is -3.60. The van der Waals surface area contributed by atoms with Crippen molar-refractivity contribution in [1.29, 1.82) is 0 Å². The molecule has 0 radical (unpaired) electrons. The number of hydrogen-bond acceptors (Lipinski definition) is 8. The first-order valence-electron chi connectivity index (χ1n) is 12.9. The lowest BCUT2D eigenvalue weighted by Gasteiger charge is -2.24. The Morgan fingerprint density at radius 2 is 2.11 bits per heavy atom. The largest absolute Gasteiger partial charge is 0.480 e. The van der Waals surface area contributed by atoms with E-state index in [4.69, 9.17) is 4.98 Å². The van der Waals surface area contributed by atoms with E-state index in [0.717, 1.165) is 56.7 Å². The van der Waals surface area contributed by atoms with Crippen LogP contribution in [0.4, 0.5) is 16.0 Å². The van der Waals surface area contributed by atoms with E-state index in [1.807, 2.05) is 0 Å². The van der Waals surface area contributed by atoms with Crippen LogP contribution < -0.4 is 10.6 Å². The molecule has 0 saturated carbocycles. The third-order valence-electron chi connectivity index (χ3n) is 6.46. The number of aryl methyl sites for hydroxylation is 2. The van der Waals surface area contributed by atoms with Crippen molar-refractivity contribution in [2.75, 3.05) is 43.5 Å². The number of nitrogens with one attached hydrogen (secondary N) is 2. The van der Waals surface area contributed by atoms with E-state index in [-0.39, 0.29) is 6.67 Å². The molecule has 10 nitrogen and oxygen atoms in total. The number of fused-ring (bicyclic) bond motifs is 1. The number of hydrogen-bond donors (Lipinski definition) is 3. The summed E-state index contributed by atoms with van der Waals surface area (Å²) in [6.07, 6.45) is 10.6. The predicted molar refractivity (Wildman–Crippen MR) is 140 cm³/mol. The van der Waals surface area contributed by atoms with E-state index in [0.29, 0.717) is 37.6 Å². The summed E-state index contributed by atoms with van der Waals surface area (Å²) in [6, 6.07) is 6.89. The molecule has 3 N–H and O–H groups in total. The molecule has 37 heavy (non-hydrogen) atoms. The van der Waals surface area contributed by atoms with Crippen LogP contribution in [0.5, 0.6) is 0 Å². The Labute approximate surface area is 216 Å². The molecule has 198 valence electrons. The molecule has 1 atom stereocenters. The summed E-state index contributed by atoms with van der Waals surface area (Å²) in [5.74, 6) is 1.01. The number of carboxylic acid groups (broad SMARTS) is 1. The molecule has 0 amide bonds. The average molecular weight is 511 g/mol. The summed E-state index contributed by atoms with van der Waals surface area (Å²) in [7, 11) is 0. The summed E-state index contributed by atoms with van der Waals surface area (Å²) in [5, 5.41) is 20.3. The summed E-state index contributed by atoms with van der Waals surface area (Å²) >= 11 is 0. The van der Waals surface area contributed by atoms with Crippen molar-refractivity contribution in [2.45, 2.75) is 51.0 Å². The first-order valence-corrected chi connectivity index (χ1v) is 12.9. The summed E-state index contributed by atoms with van der Waals surface area (Å²) < 4.78 is 14.5. The van der Waals surface area contributed by atoms with Gasteiger partial charge in [-0.25, -0.2) is 24.4 Å². The monoisotopic (exact) mass is 510 g/mol. The lowest BCUT2D eigenvalue weighted by molar-refractivity contribution is -0.138. The van der Waals surface area contributed by atoms with Crippen molar-refractivity contribution in [3.05, 3.63) is 54.2 Å². The SMILES string of the molecule is O=C(O)C(CCN(CCCF)CCCCc1ccc2c(n1)NCCC2)Nc1cc(-n2cccn2)ncn1. The second-order valence-corrected chi connectivity index (χ2v) is 9.22. The van der Waals surface area contributed by atoms with Crippen LogP contribution in [-0.4, -0.2) is 79.6 Å². The molecule has 0 bridgehead atoms. The van der Waals surface area contributed by atoms with Crippen LogP contribution in [0.1, 0.15) is 43.4 Å². The van der Waals surface area contributed by atoms with Gasteiger partial charge in [0, 0.05) is 43.8 Å². The normalized spacial score (nSPS) is 13.7. The van der Waals surface area contributed by atoms with E-state index >= 15 is 0 Å². The van der Waals surface area contributed by atoms with E-state index in [9.17, 15) is 14.3 Å². The molecule has 11 heteroatoms. The van der Waals surface area contributed by atoms with Gasteiger partial charge in [0.2, 0.25) is 0 Å². The highest BCUT2D eigenvalue weighted by Gasteiger charge is 2.20. The lowest BCUT2D eigenvalue weighted by Crippen LogP contribution is -2.36. The fraction of sp³-hybridized carbons (Fsp3) is 0.500. The van der Waals surface area contributed by atoms with Gasteiger partial charge in [0.05, 0.1) is 6.67 Å². The number of aliphatic carboxylic acids is 1. The summed E-state index contributed by atoms with van der Waals surface area (Å²) in [5.41, 5.74) is 2.37. The van der Waals surface area contributed by atoms with Gasteiger partial charge in [-0.2, -0.15) is 5.10 Å². The van der Waals surface area contributed by atoms with Crippen molar-refractivity contribution in [1.82, 2.24) is 29.6 Å². The van der Waals surface area contributed by atoms with Crippen molar-refractivity contribution < 1.29 is 14.3 Å². The highest BCUT2D eigenvalue weighted by Crippen LogP contribution is 2.20. The standard InChI is InChI=1S/C26H35FN8O2/c27-11-4-15-34(14-2-1-7-21-9-8-20-6-3-12-28-25(20)32-21)17-10-22(26(36)37)33-23-18-24(30-19-29-23)35-16-5-13-31-35/h5,8-9,13,16,18-19,22H,1-4,6-7,10-12,14-15,17H2,(H,28,32)(H,36,37)(H,29,30,33). The number of carbonyl (C=O) groups is 1. The topological polar surface area (TPSA) is 121 Å². The van der Waals surface area contributed by atoms with Crippen LogP contribution in [-0.2, 0) is 17.6 Å². The van der Waals surface area contributed by atoms with Crippen molar-refractivity contribution in [2.24, 2.45) is 0 Å². The third kappa shape index (κ3) is 7.94. The number of anilines is 2. The van der Waals surface area contributed by atoms with E-state index in [1.165, 1.54) is 11.9 Å². The number of carboxylic acids is 1. The Morgan fingerprint density at radius 3 is 2.92 bits per heavy atom. The highest BCUT2D eigenvalue weighted by molar-refractivity contribution is 5.76. The Balaban J connectivity index is 1.27. The van der Waals surface area contributed by atoms with Crippen LogP contribution in [0.3, 0.4) is 0 Å². The molecule has 0 saturated heterocycles. The number of nitrogens with zero attached hydrogens (tertiary/aromatic N) is 6. The van der Waals surface area contributed by atoms with Crippen LogP contribution >= 0.6 is 0 Å². The van der Waals surface area contributed by atoms with Gasteiger partial charge in [-0.3, -0.25) is 4.39 Å². The van der Waals surface area contributed by atoms with Gasteiger partial charge in [0.15, 0.2) is 5.82 Å².